The van der Waals surface area contributed by atoms with Gasteiger partial charge in [0.15, 0.2) is 5.13 Å². The molecular formula is C20H22N6O2S. The molecule has 1 saturated heterocycles. The second kappa shape index (κ2) is 8.87. The zero-order valence-corrected chi connectivity index (χ0v) is 16.9. The van der Waals surface area contributed by atoms with Crippen LogP contribution in [0.5, 0.6) is 6.01 Å². The maximum absolute atomic E-state index is 12.5. The zero-order chi connectivity index (χ0) is 20.1. The Morgan fingerprint density at radius 1 is 1.14 bits per heavy atom. The minimum absolute atomic E-state index is 0.0942. The van der Waals surface area contributed by atoms with Crippen molar-refractivity contribution in [1.29, 1.82) is 0 Å². The SMILES string of the molecule is COc1ncc(-c2ccccc2N2CCN(C(=O)CNc3nccs3)CC2)cn1. The first kappa shape index (κ1) is 19.1. The van der Waals surface area contributed by atoms with Gasteiger partial charge in [-0.1, -0.05) is 18.2 Å². The van der Waals surface area contributed by atoms with Crippen molar-refractivity contribution < 1.29 is 9.53 Å². The van der Waals surface area contributed by atoms with Crippen LogP contribution in [0, 0.1) is 0 Å². The second-order valence-electron chi connectivity index (χ2n) is 6.53. The number of nitrogens with one attached hydrogen (secondary N) is 1. The number of anilines is 2. The number of para-hydroxylation sites is 1. The molecule has 9 heteroatoms. The summed E-state index contributed by atoms with van der Waals surface area (Å²) in [4.78, 5) is 29.3. The van der Waals surface area contributed by atoms with Crippen LogP contribution in [0.1, 0.15) is 0 Å². The molecule has 0 spiro atoms. The summed E-state index contributed by atoms with van der Waals surface area (Å²) in [5, 5.41) is 5.74. The molecule has 1 aromatic carbocycles. The molecular weight excluding hydrogens is 388 g/mol. The van der Waals surface area contributed by atoms with Gasteiger partial charge in [0.05, 0.1) is 13.7 Å². The van der Waals surface area contributed by atoms with E-state index < -0.39 is 0 Å². The van der Waals surface area contributed by atoms with Gasteiger partial charge in [-0.25, -0.2) is 15.0 Å². The molecule has 0 bridgehead atoms. The number of piperazine rings is 1. The number of benzene rings is 1. The summed E-state index contributed by atoms with van der Waals surface area (Å²) < 4.78 is 5.05. The third kappa shape index (κ3) is 4.45. The number of ether oxygens (including phenoxy) is 1. The van der Waals surface area contributed by atoms with Crippen LogP contribution in [-0.2, 0) is 4.79 Å². The highest BCUT2D eigenvalue weighted by molar-refractivity contribution is 7.13. The number of hydrogen-bond acceptors (Lipinski definition) is 8. The van der Waals surface area contributed by atoms with Crippen LogP contribution in [0.3, 0.4) is 0 Å². The number of rotatable bonds is 6. The van der Waals surface area contributed by atoms with Crippen LogP contribution >= 0.6 is 11.3 Å². The van der Waals surface area contributed by atoms with E-state index in [1.165, 1.54) is 11.3 Å². The highest BCUT2D eigenvalue weighted by Crippen LogP contribution is 2.31. The predicted octanol–water partition coefficient (Wildman–Crippen LogP) is 2.37. The average Bonchev–Trinajstić information content (AvgIpc) is 3.31. The molecule has 150 valence electrons. The van der Waals surface area contributed by atoms with Gasteiger partial charge in [0, 0.05) is 67.0 Å². The maximum Gasteiger partial charge on any atom is 0.316 e. The summed E-state index contributed by atoms with van der Waals surface area (Å²) in [5.74, 6) is 0.0942. The fourth-order valence-electron chi connectivity index (χ4n) is 3.32. The van der Waals surface area contributed by atoms with Gasteiger partial charge in [-0.05, 0) is 6.07 Å². The van der Waals surface area contributed by atoms with E-state index in [4.69, 9.17) is 4.74 Å². The van der Waals surface area contributed by atoms with Crippen LogP contribution in [0.4, 0.5) is 10.8 Å². The Bertz CT molecular complexity index is 940. The lowest BCUT2D eigenvalue weighted by molar-refractivity contribution is -0.129. The van der Waals surface area contributed by atoms with Crippen molar-refractivity contribution in [1.82, 2.24) is 19.9 Å². The minimum Gasteiger partial charge on any atom is -0.467 e. The van der Waals surface area contributed by atoms with E-state index in [1.807, 2.05) is 22.4 Å². The molecule has 1 amide bonds. The van der Waals surface area contributed by atoms with Crippen molar-refractivity contribution in [3.63, 3.8) is 0 Å². The van der Waals surface area contributed by atoms with Gasteiger partial charge in [-0.15, -0.1) is 11.3 Å². The van der Waals surface area contributed by atoms with E-state index in [9.17, 15) is 4.79 Å². The molecule has 4 rings (SSSR count). The van der Waals surface area contributed by atoms with Gasteiger partial charge in [-0.2, -0.15) is 0 Å². The summed E-state index contributed by atoms with van der Waals surface area (Å²) >= 11 is 1.49. The lowest BCUT2D eigenvalue weighted by atomic mass is 10.1. The Kier molecular flexibility index (Phi) is 5.85. The largest absolute Gasteiger partial charge is 0.467 e. The molecule has 1 aliphatic heterocycles. The molecule has 1 aliphatic rings. The minimum atomic E-state index is 0.0942. The van der Waals surface area contributed by atoms with Crippen molar-refractivity contribution in [2.75, 3.05) is 50.1 Å². The topological polar surface area (TPSA) is 83.5 Å². The first-order valence-electron chi connectivity index (χ1n) is 9.36. The molecule has 29 heavy (non-hydrogen) atoms. The van der Waals surface area contributed by atoms with Crippen molar-refractivity contribution in [2.45, 2.75) is 0 Å². The highest BCUT2D eigenvalue weighted by Gasteiger charge is 2.23. The maximum atomic E-state index is 12.5. The zero-order valence-electron chi connectivity index (χ0n) is 16.1. The van der Waals surface area contributed by atoms with E-state index in [2.05, 4.69) is 37.3 Å². The van der Waals surface area contributed by atoms with E-state index >= 15 is 0 Å². The first-order chi connectivity index (χ1) is 14.2. The standard InChI is InChI=1S/C20H22N6O2S/c1-28-19-22-12-15(13-23-19)16-4-2-3-5-17(16)25-7-9-26(10-8-25)18(27)14-24-20-21-6-11-29-20/h2-6,11-13H,7-10,14H2,1H3,(H,21,24). The van der Waals surface area contributed by atoms with Gasteiger partial charge < -0.3 is 19.9 Å². The molecule has 0 radical (unpaired) electrons. The van der Waals surface area contributed by atoms with Gasteiger partial charge in [-0.3, -0.25) is 4.79 Å². The monoisotopic (exact) mass is 410 g/mol. The number of carbonyl (C=O) groups is 1. The van der Waals surface area contributed by atoms with Crippen LogP contribution in [-0.4, -0.2) is 65.6 Å². The summed E-state index contributed by atoms with van der Waals surface area (Å²) in [7, 11) is 1.55. The molecule has 1 N–H and O–H groups in total. The van der Waals surface area contributed by atoms with Gasteiger partial charge in [0.25, 0.3) is 0 Å². The summed E-state index contributed by atoms with van der Waals surface area (Å²) in [6.07, 6.45) is 5.27. The van der Waals surface area contributed by atoms with E-state index in [1.54, 1.807) is 25.7 Å². The van der Waals surface area contributed by atoms with Crippen LogP contribution < -0.4 is 15.0 Å². The highest BCUT2D eigenvalue weighted by atomic mass is 32.1. The van der Waals surface area contributed by atoms with Crippen LogP contribution in [0.2, 0.25) is 0 Å². The Morgan fingerprint density at radius 2 is 1.90 bits per heavy atom. The Labute approximate surface area is 173 Å². The van der Waals surface area contributed by atoms with E-state index in [0.29, 0.717) is 19.1 Å². The molecule has 1 fully saturated rings. The average molecular weight is 411 g/mol. The fourth-order valence-corrected chi connectivity index (χ4v) is 3.85. The second-order valence-corrected chi connectivity index (χ2v) is 7.43. The summed E-state index contributed by atoms with van der Waals surface area (Å²) in [5.41, 5.74) is 3.13. The molecule has 0 atom stereocenters. The quantitative estimate of drug-likeness (QED) is 0.668. The number of aromatic nitrogens is 3. The lowest BCUT2D eigenvalue weighted by Crippen LogP contribution is -2.50. The number of amides is 1. The van der Waals surface area contributed by atoms with Crippen molar-refractivity contribution >= 4 is 28.1 Å². The van der Waals surface area contributed by atoms with Crippen LogP contribution in [0.25, 0.3) is 11.1 Å². The fraction of sp³-hybridized carbons (Fsp3) is 0.300. The smallest absolute Gasteiger partial charge is 0.316 e. The Morgan fingerprint density at radius 3 is 2.59 bits per heavy atom. The first-order valence-corrected chi connectivity index (χ1v) is 10.2. The van der Waals surface area contributed by atoms with Crippen molar-refractivity contribution in [3.05, 3.63) is 48.2 Å². The van der Waals surface area contributed by atoms with Crippen LogP contribution in [0.15, 0.2) is 48.2 Å². The molecule has 0 saturated carbocycles. The number of nitrogens with zero attached hydrogens (tertiary/aromatic N) is 5. The van der Waals surface area contributed by atoms with Crippen molar-refractivity contribution in [3.8, 4) is 17.1 Å². The number of methoxy groups -OCH3 is 1. The molecule has 3 aromatic rings. The van der Waals surface area contributed by atoms with Gasteiger partial charge in [0.2, 0.25) is 5.91 Å². The molecule has 0 unspecified atom stereocenters. The van der Waals surface area contributed by atoms with E-state index in [0.717, 1.165) is 35.0 Å². The Hall–Kier alpha value is -3.20. The number of carbonyl (C=O) groups excluding carboxylic acids is 1. The third-order valence-electron chi connectivity index (χ3n) is 4.82. The molecule has 2 aromatic heterocycles. The molecule has 0 aliphatic carbocycles. The predicted molar refractivity (Wildman–Crippen MR) is 113 cm³/mol. The normalized spacial score (nSPS) is 14.0. The molecule has 3 heterocycles. The lowest BCUT2D eigenvalue weighted by Gasteiger charge is -2.37. The summed E-state index contributed by atoms with van der Waals surface area (Å²) in [6.45, 7) is 3.19. The summed E-state index contributed by atoms with van der Waals surface area (Å²) in [6, 6.07) is 8.55. The molecule has 8 nitrogen and oxygen atoms in total. The number of hydrogen-bond donors (Lipinski definition) is 1. The van der Waals surface area contributed by atoms with Crippen molar-refractivity contribution in [2.24, 2.45) is 0 Å². The number of thiazole rings is 1. The Balaban J connectivity index is 1.40. The van der Waals surface area contributed by atoms with E-state index in [-0.39, 0.29) is 12.5 Å². The van der Waals surface area contributed by atoms with Gasteiger partial charge >= 0.3 is 6.01 Å². The van der Waals surface area contributed by atoms with Gasteiger partial charge in [0.1, 0.15) is 0 Å². The third-order valence-corrected chi connectivity index (χ3v) is 5.55.